The zero-order valence-corrected chi connectivity index (χ0v) is 11.0. The predicted molar refractivity (Wildman–Crippen MR) is 72.2 cm³/mol. The van der Waals surface area contributed by atoms with Gasteiger partial charge in [0, 0.05) is 9.26 Å². The zero-order chi connectivity index (χ0) is 12.3. The third-order valence-corrected chi connectivity index (χ3v) is 2.99. The highest BCUT2D eigenvalue weighted by atomic mass is 127. The molecule has 0 saturated heterocycles. The number of carboxylic acids is 1. The van der Waals surface area contributed by atoms with Crippen molar-refractivity contribution in [2.75, 3.05) is 5.32 Å². The van der Waals surface area contributed by atoms with Crippen LogP contribution in [0.4, 0.5) is 5.69 Å². The van der Waals surface area contributed by atoms with Gasteiger partial charge in [0.05, 0.1) is 12.8 Å². The molecule has 2 aromatic rings. The van der Waals surface area contributed by atoms with Crippen molar-refractivity contribution < 1.29 is 14.3 Å². The van der Waals surface area contributed by atoms with Crippen molar-refractivity contribution in [3.8, 4) is 0 Å². The first kappa shape index (κ1) is 12.0. The molecule has 1 aromatic carbocycles. The molecule has 0 aliphatic heterocycles. The van der Waals surface area contributed by atoms with Gasteiger partial charge < -0.3 is 14.8 Å². The molecule has 0 fully saturated rings. The second kappa shape index (κ2) is 5.22. The molecule has 0 aliphatic carbocycles. The van der Waals surface area contributed by atoms with Crippen LogP contribution in [-0.2, 0) is 6.54 Å². The lowest BCUT2D eigenvalue weighted by Gasteiger charge is -2.05. The third-order valence-electron chi connectivity index (χ3n) is 2.27. The number of carboxylic acid groups (broad SMARTS) is 1. The number of halogens is 1. The van der Waals surface area contributed by atoms with E-state index in [1.807, 2.05) is 24.3 Å². The van der Waals surface area contributed by atoms with Gasteiger partial charge in [0.2, 0.25) is 0 Å². The first-order valence-electron chi connectivity index (χ1n) is 4.96. The average Bonchev–Trinajstić information content (AvgIpc) is 2.76. The molecule has 0 aliphatic rings. The SMILES string of the molecule is O=C(O)c1ccoc1CNc1ccc(I)cc1. The fourth-order valence-electron chi connectivity index (χ4n) is 1.42. The average molecular weight is 343 g/mol. The Kier molecular flexibility index (Phi) is 3.68. The topological polar surface area (TPSA) is 62.5 Å². The highest BCUT2D eigenvalue weighted by molar-refractivity contribution is 14.1. The molecule has 0 unspecified atom stereocenters. The van der Waals surface area contributed by atoms with E-state index in [2.05, 4.69) is 27.9 Å². The van der Waals surface area contributed by atoms with Crippen LogP contribution in [0.1, 0.15) is 16.1 Å². The molecule has 2 N–H and O–H groups in total. The van der Waals surface area contributed by atoms with E-state index >= 15 is 0 Å². The standard InChI is InChI=1S/C12H10INO3/c13-8-1-3-9(4-2-8)14-7-11-10(12(15)16)5-6-17-11/h1-6,14H,7H2,(H,15,16). The number of rotatable bonds is 4. The summed E-state index contributed by atoms with van der Waals surface area (Å²) in [7, 11) is 0. The number of hydrogen-bond acceptors (Lipinski definition) is 3. The maximum absolute atomic E-state index is 10.9. The lowest BCUT2D eigenvalue weighted by Crippen LogP contribution is -2.04. The second-order valence-electron chi connectivity index (χ2n) is 3.42. The number of anilines is 1. The van der Waals surface area contributed by atoms with Gasteiger partial charge in [-0.1, -0.05) is 0 Å². The summed E-state index contributed by atoms with van der Waals surface area (Å²) < 4.78 is 6.28. The molecule has 17 heavy (non-hydrogen) atoms. The van der Waals surface area contributed by atoms with Crippen LogP contribution in [0.5, 0.6) is 0 Å². The van der Waals surface area contributed by atoms with Gasteiger partial charge in [-0.2, -0.15) is 0 Å². The fourth-order valence-corrected chi connectivity index (χ4v) is 1.78. The van der Waals surface area contributed by atoms with E-state index < -0.39 is 5.97 Å². The minimum atomic E-state index is -0.974. The molecule has 1 heterocycles. The van der Waals surface area contributed by atoms with Gasteiger partial charge in [0.15, 0.2) is 0 Å². The Morgan fingerprint density at radius 2 is 2.00 bits per heavy atom. The second-order valence-corrected chi connectivity index (χ2v) is 4.67. The van der Waals surface area contributed by atoms with Crippen LogP contribution >= 0.6 is 22.6 Å². The lowest BCUT2D eigenvalue weighted by molar-refractivity contribution is 0.0694. The van der Waals surface area contributed by atoms with Crippen LogP contribution < -0.4 is 5.32 Å². The number of carbonyl (C=O) groups is 1. The fraction of sp³-hybridized carbons (Fsp3) is 0.0833. The van der Waals surface area contributed by atoms with Gasteiger partial charge in [-0.05, 0) is 52.9 Å². The molecule has 2 rings (SSSR count). The minimum Gasteiger partial charge on any atom is -0.478 e. The molecule has 88 valence electrons. The van der Waals surface area contributed by atoms with Crippen molar-refractivity contribution in [2.24, 2.45) is 0 Å². The van der Waals surface area contributed by atoms with Crippen LogP contribution in [-0.4, -0.2) is 11.1 Å². The highest BCUT2D eigenvalue weighted by Crippen LogP contribution is 2.15. The highest BCUT2D eigenvalue weighted by Gasteiger charge is 2.12. The van der Waals surface area contributed by atoms with Crippen molar-refractivity contribution in [1.82, 2.24) is 0 Å². The summed E-state index contributed by atoms with van der Waals surface area (Å²) in [4.78, 5) is 10.9. The number of nitrogens with one attached hydrogen (secondary N) is 1. The van der Waals surface area contributed by atoms with E-state index in [0.29, 0.717) is 12.3 Å². The van der Waals surface area contributed by atoms with Crippen LogP contribution in [0.25, 0.3) is 0 Å². The summed E-state index contributed by atoms with van der Waals surface area (Å²) in [5, 5.41) is 12.0. The van der Waals surface area contributed by atoms with E-state index in [9.17, 15) is 4.79 Å². The zero-order valence-electron chi connectivity index (χ0n) is 8.81. The number of furan rings is 1. The smallest absolute Gasteiger partial charge is 0.339 e. The number of aromatic carboxylic acids is 1. The van der Waals surface area contributed by atoms with Crippen LogP contribution in [0.3, 0.4) is 0 Å². The summed E-state index contributed by atoms with van der Waals surface area (Å²) in [6, 6.07) is 9.27. The third kappa shape index (κ3) is 3.00. The monoisotopic (exact) mass is 343 g/mol. The summed E-state index contributed by atoms with van der Waals surface area (Å²) in [6.45, 7) is 0.356. The Morgan fingerprint density at radius 1 is 1.29 bits per heavy atom. The minimum absolute atomic E-state index is 0.197. The molecule has 0 radical (unpaired) electrons. The van der Waals surface area contributed by atoms with E-state index in [1.165, 1.54) is 12.3 Å². The summed E-state index contributed by atoms with van der Waals surface area (Å²) >= 11 is 2.23. The quantitative estimate of drug-likeness (QED) is 0.837. The molecule has 0 atom stereocenters. The van der Waals surface area contributed by atoms with Gasteiger partial charge in [-0.25, -0.2) is 4.79 Å². The lowest BCUT2D eigenvalue weighted by atomic mass is 10.2. The molecule has 1 aromatic heterocycles. The Hall–Kier alpha value is -1.50. The molecule has 0 bridgehead atoms. The summed E-state index contributed by atoms with van der Waals surface area (Å²) in [5.74, 6) is -0.547. The van der Waals surface area contributed by atoms with Crippen LogP contribution in [0.15, 0.2) is 41.0 Å². The maximum atomic E-state index is 10.9. The summed E-state index contributed by atoms with van der Waals surface area (Å²) in [5.41, 5.74) is 1.13. The Balaban J connectivity index is 2.05. The largest absolute Gasteiger partial charge is 0.478 e. The Bertz CT molecular complexity index is 519. The Morgan fingerprint density at radius 3 is 2.65 bits per heavy atom. The van der Waals surface area contributed by atoms with Gasteiger partial charge >= 0.3 is 5.97 Å². The molecule has 0 amide bonds. The Labute approximate surface area is 112 Å². The van der Waals surface area contributed by atoms with Gasteiger partial charge in [-0.3, -0.25) is 0 Å². The van der Waals surface area contributed by atoms with Crippen LogP contribution in [0, 0.1) is 3.57 Å². The van der Waals surface area contributed by atoms with Gasteiger partial charge in [0.25, 0.3) is 0 Å². The molecular formula is C12H10INO3. The number of hydrogen-bond donors (Lipinski definition) is 2. The van der Waals surface area contributed by atoms with Crippen molar-refractivity contribution >= 4 is 34.2 Å². The van der Waals surface area contributed by atoms with E-state index in [1.54, 1.807) is 0 Å². The van der Waals surface area contributed by atoms with Crippen LogP contribution in [0.2, 0.25) is 0 Å². The van der Waals surface area contributed by atoms with Crippen molar-refractivity contribution in [1.29, 1.82) is 0 Å². The number of benzene rings is 1. The van der Waals surface area contributed by atoms with E-state index in [-0.39, 0.29) is 5.56 Å². The van der Waals surface area contributed by atoms with E-state index in [0.717, 1.165) is 9.26 Å². The first-order chi connectivity index (χ1) is 8.16. The molecule has 4 nitrogen and oxygen atoms in total. The molecule has 5 heteroatoms. The van der Waals surface area contributed by atoms with Gasteiger partial charge in [-0.15, -0.1) is 0 Å². The van der Waals surface area contributed by atoms with Crippen molar-refractivity contribution in [3.05, 3.63) is 51.5 Å². The molecule has 0 saturated carbocycles. The predicted octanol–water partition coefficient (Wildman–Crippen LogP) is 3.19. The van der Waals surface area contributed by atoms with Crippen molar-refractivity contribution in [3.63, 3.8) is 0 Å². The van der Waals surface area contributed by atoms with Crippen molar-refractivity contribution in [2.45, 2.75) is 6.54 Å². The first-order valence-corrected chi connectivity index (χ1v) is 6.04. The molecular weight excluding hydrogens is 333 g/mol. The normalized spacial score (nSPS) is 10.2. The maximum Gasteiger partial charge on any atom is 0.339 e. The molecule has 0 spiro atoms. The summed E-state index contributed by atoms with van der Waals surface area (Å²) in [6.07, 6.45) is 1.38. The van der Waals surface area contributed by atoms with E-state index in [4.69, 9.17) is 9.52 Å². The van der Waals surface area contributed by atoms with Gasteiger partial charge in [0.1, 0.15) is 11.3 Å².